The molecule has 0 saturated heterocycles. The van der Waals surface area contributed by atoms with Gasteiger partial charge in [0.15, 0.2) is 11.6 Å². The molecule has 4 nitrogen and oxygen atoms in total. The number of benzene rings is 2. The molecule has 4 aromatic rings. The van der Waals surface area contributed by atoms with Gasteiger partial charge in [0.2, 0.25) is 0 Å². The van der Waals surface area contributed by atoms with Gasteiger partial charge in [-0.25, -0.2) is 0 Å². The molecule has 0 spiro atoms. The number of halogens is 6. The number of anilines is 2. The second-order valence-corrected chi connectivity index (χ2v) is 11.4. The first-order valence-corrected chi connectivity index (χ1v) is 13.2. The lowest BCUT2D eigenvalue weighted by atomic mass is 9.99. The van der Waals surface area contributed by atoms with Crippen LogP contribution >= 0.6 is 22.7 Å². The van der Waals surface area contributed by atoms with Crippen LogP contribution in [-0.4, -0.2) is 11.6 Å². The van der Waals surface area contributed by atoms with Gasteiger partial charge in [0.1, 0.15) is 0 Å². The van der Waals surface area contributed by atoms with Gasteiger partial charge < -0.3 is 11.5 Å². The molecule has 0 bridgehead atoms. The van der Waals surface area contributed by atoms with Crippen LogP contribution in [0.2, 0.25) is 0 Å². The third-order valence-corrected chi connectivity index (χ3v) is 8.26. The largest absolute Gasteiger partial charge is 0.416 e. The zero-order valence-corrected chi connectivity index (χ0v) is 23.3. The van der Waals surface area contributed by atoms with Crippen molar-refractivity contribution in [1.29, 1.82) is 0 Å². The number of hydrogen-bond donors (Lipinski definition) is 2. The summed E-state index contributed by atoms with van der Waals surface area (Å²) in [5.41, 5.74) is 11.9. The Morgan fingerprint density at radius 2 is 0.950 bits per heavy atom. The Morgan fingerprint density at radius 3 is 1.20 bits per heavy atom. The van der Waals surface area contributed by atoms with Gasteiger partial charge in [-0.05, 0) is 63.1 Å². The van der Waals surface area contributed by atoms with Crippen molar-refractivity contribution < 1.29 is 35.9 Å². The van der Waals surface area contributed by atoms with Gasteiger partial charge >= 0.3 is 12.4 Å². The molecule has 4 N–H and O–H groups in total. The van der Waals surface area contributed by atoms with Crippen molar-refractivity contribution in [3.63, 3.8) is 0 Å². The number of rotatable bonds is 4. The monoisotopic (exact) mass is 598 g/mol. The quantitative estimate of drug-likeness (QED) is 0.183. The molecule has 0 unspecified atom stereocenters. The smallest absolute Gasteiger partial charge is 0.390 e. The zero-order valence-electron chi connectivity index (χ0n) is 21.7. The molecule has 0 atom stereocenters. The number of carbonyl (C=O) groups is 2. The molecule has 2 aromatic heterocycles. The molecule has 0 amide bonds. The third kappa shape index (κ3) is 6.56. The standard InChI is InChI=1S/2C14H12F3NOS/c2*1-7-8(2)20-13(18)11(7)12(19)9-4-3-5-10(6-9)14(15,16)17/h2*3-6H,18H2,1-2H3. The van der Waals surface area contributed by atoms with E-state index in [-0.39, 0.29) is 11.1 Å². The molecule has 0 aliphatic heterocycles. The highest BCUT2D eigenvalue weighted by atomic mass is 32.1. The van der Waals surface area contributed by atoms with Crippen LogP contribution in [0.1, 0.15) is 63.9 Å². The first-order valence-electron chi connectivity index (χ1n) is 11.6. The SMILES string of the molecule is Cc1sc(N)c(C(=O)c2cccc(C(F)(F)F)c2)c1C.Cc1sc(N)c(C(=O)c2cccc(C(F)(F)F)c2)c1C. The predicted octanol–water partition coefficient (Wildman–Crippen LogP) is 8.39. The van der Waals surface area contributed by atoms with E-state index in [1.807, 2.05) is 13.8 Å². The number of thiophene rings is 2. The molecule has 0 radical (unpaired) electrons. The minimum atomic E-state index is -4.47. The summed E-state index contributed by atoms with van der Waals surface area (Å²) in [6, 6.07) is 8.76. The topological polar surface area (TPSA) is 86.2 Å². The second kappa shape index (κ2) is 11.5. The highest BCUT2D eigenvalue weighted by Crippen LogP contribution is 2.35. The normalized spacial score (nSPS) is 11.7. The summed E-state index contributed by atoms with van der Waals surface area (Å²) in [4.78, 5) is 26.5. The second-order valence-electron chi connectivity index (χ2n) is 8.86. The number of aryl methyl sites for hydroxylation is 2. The van der Waals surface area contributed by atoms with Crippen molar-refractivity contribution in [2.24, 2.45) is 0 Å². The molecule has 0 fully saturated rings. The Labute approximate surface area is 234 Å². The Kier molecular flexibility index (Phi) is 8.85. The van der Waals surface area contributed by atoms with Crippen LogP contribution in [0.5, 0.6) is 0 Å². The highest BCUT2D eigenvalue weighted by molar-refractivity contribution is 7.16. The van der Waals surface area contributed by atoms with E-state index >= 15 is 0 Å². The molecule has 4 rings (SSSR count). The van der Waals surface area contributed by atoms with Crippen molar-refractivity contribution in [2.45, 2.75) is 40.0 Å². The number of nitrogens with two attached hydrogens (primary N) is 2. The van der Waals surface area contributed by atoms with Crippen molar-refractivity contribution >= 4 is 44.2 Å². The van der Waals surface area contributed by atoms with Crippen LogP contribution in [0.15, 0.2) is 48.5 Å². The fourth-order valence-electron chi connectivity index (χ4n) is 3.83. The molecule has 12 heteroatoms. The fourth-order valence-corrected chi connectivity index (χ4v) is 5.70. The third-order valence-electron chi connectivity index (χ3n) is 6.18. The summed E-state index contributed by atoms with van der Waals surface area (Å²) in [6.07, 6.45) is -8.94. The number of ketones is 2. The Balaban J connectivity index is 0.000000220. The van der Waals surface area contributed by atoms with Crippen LogP contribution in [0.25, 0.3) is 0 Å². The molecule has 40 heavy (non-hydrogen) atoms. The van der Waals surface area contributed by atoms with Crippen LogP contribution in [0, 0.1) is 27.7 Å². The maximum Gasteiger partial charge on any atom is 0.416 e. The van der Waals surface area contributed by atoms with Crippen LogP contribution in [0.3, 0.4) is 0 Å². The number of carbonyl (C=O) groups excluding carboxylic acids is 2. The van der Waals surface area contributed by atoms with E-state index in [1.54, 1.807) is 13.8 Å². The van der Waals surface area contributed by atoms with Crippen LogP contribution in [-0.2, 0) is 12.4 Å². The fraction of sp³-hybridized carbons (Fsp3) is 0.214. The zero-order chi connectivity index (χ0) is 30.2. The Morgan fingerprint density at radius 1 is 0.625 bits per heavy atom. The van der Waals surface area contributed by atoms with E-state index in [0.717, 1.165) is 45.1 Å². The van der Waals surface area contributed by atoms with E-state index in [1.165, 1.54) is 46.9 Å². The van der Waals surface area contributed by atoms with Gasteiger partial charge in [-0.2, -0.15) is 26.3 Å². The number of alkyl halides is 6. The van der Waals surface area contributed by atoms with Gasteiger partial charge in [0, 0.05) is 20.9 Å². The maximum absolute atomic E-state index is 12.7. The van der Waals surface area contributed by atoms with Crippen molar-refractivity contribution in [3.8, 4) is 0 Å². The van der Waals surface area contributed by atoms with E-state index in [0.29, 0.717) is 21.1 Å². The van der Waals surface area contributed by atoms with Gasteiger partial charge in [-0.3, -0.25) is 9.59 Å². The van der Waals surface area contributed by atoms with Gasteiger partial charge in [-0.1, -0.05) is 24.3 Å². The van der Waals surface area contributed by atoms with E-state index in [4.69, 9.17) is 11.5 Å². The average molecular weight is 599 g/mol. The molecule has 2 heterocycles. The summed E-state index contributed by atoms with van der Waals surface area (Å²) in [5.74, 6) is -0.953. The molecule has 212 valence electrons. The Hall–Kier alpha value is -3.64. The van der Waals surface area contributed by atoms with Gasteiger partial charge in [0.05, 0.1) is 32.3 Å². The highest BCUT2D eigenvalue weighted by Gasteiger charge is 2.32. The van der Waals surface area contributed by atoms with E-state index in [2.05, 4.69) is 0 Å². The lowest BCUT2D eigenvalue weighted by molar-refractivity contribution is -0.138. The first kappa shape index (κ1) is 30.9. The molecule has 0 aliphatic carbocycles. The number of hydrogen-bond acceptors (Lipinski definition) is 6. The van der Waals surface area contributed by atoms with Crippen LogP contribution in [0.4, 0.5) is 36.3 Å². The summed E-state index contributed by atoms with van der Waals surface area (Å²) < 4.78 is 76.0. The van der Waals surface area contributed by atoms with Crippen molar-refractivity contribution in [3.05, 3.63) is 103 Å². The molecule has 0 aliphatic rings. The molecule has 2 aromatic carbocycles. The van der Waals surface area contributed by atoms with Crippen molar-refractivity contribution in [2.75, 3.05) is 11.5 Å². The van der Waals surface area contributed by atoms with Gasteiger partial charge in [0.25, 0.3) is 0 Å². The number of nitrogen functional groups attached to an aromatic ring is 2. The van der Waals surface area contributed by atoms with E-state index < -0.39 is 35.0 Å². The molecular weight excluding hydrogens is 574 g/mol. The minimum Gasteiger partial charge on any atom is -0.390 e. The molecule has 0 saturated carbocycles. The summed E-state index contributed by atoms with van der Waals surface area (Å²) in [7, 11) is 0. The van der Waals surface area contributed by atoms with Crippen LogP contribution < -0.4 is 11.5 Å². The maximum atomic E-state index is 12.7. The molecular formula is C28H24F6N2O2S2. The average Bonchev–Trinajstić information content (AvgIpc) is 3.28. The minimum absolute atomic E-state index is 0.00701. The van der Waals surface area contributed by atoms with Gasteiger partial charge in [-0.15, -0.1) is 22.7 Å². The van der Waals surface area contributed by atoms with Crippen molar-refractivity contribution in [1.82, 2.24) is 0 Å². The predicted molar refractivity (Wildman–Crippen MR) is 146 cm³/mol. The summed E-state index contributed by atoms with van der Waals surface area (Å²) in [5, 5.41) is 0.671. The Bertz CT molecular complexity index is 1460. The summed E-state index contributed by atoms with van der Waals surface area (Å²) >= 11 is 2.53. The summed E-state index contributed by atoms with van der Waals surface area (Å²) in [6.45, 7) is 7.12. The van der Waals surface area contributed by atoms with E-state index in [9.17, 15) is 35.9 Å². The lowest BCUT2D eigenvalue weighted by Crippen LogP contribution is -2.09. The lowest BCUT2D eigenvalue weighted by Gasteiger charge is -2.08. The first-order chi connectivity index (χ1) is 18.4.